The smallest absolute Gasteiger partial charge is 0.261 e. The first-order chi connectivity index (χ1) is 11.7. The number of carbonyl (C=O) groups is 1. The van der Waals surface area contributed by atoms with Crippen LogP contribution in [0.3, 0.4) is 0 Å². The Balaban J connectivity index is 1.63. The van der Waals surface area contributed by atoms with Gasteiger partial charge in [0.1, 0.15) is 11.4 Å². The van der Waals surface area contributed by atoms with Crippen LogP contribution in [-0.2, 0) is 11.3 Å². The topological polar surface area (TPSA) is 64.1 Å². The molecule has 2 heterocycles. The summed E-state index contributed by atoms with van der Waals surface area (Å²) < 4.78 is 5.62. The van der Waals surface area contributed by atoms with Crippen LogP contribution >= 0.6 is 11.3 Å². The second kappa shape index (κ2) is 7.70. The molecule has 1 amide bonds. The lowest BCUT2D eigenvalue weighted by Gasteiger charge is -2.15. The summed E-state index contributed by atoms with van der Waals surface area (Å²) in [6.07, 6.45) is 2.69. The number of aromatic nitrogens is 2. The van der Waals surface area contributed by atoms with E-state index in [1.165, 1.54) is 0 Å². The molecule has 0 aliphatic carbocycles. The molecule has 1 N–H and O–H groups in total. The largest absolute Gasteiger partial charge is 0.481 e. The molecule has 0 saturated carbocycles. The van der Waals surface area contributed by atoms with Gasteiger partial charge in [0, 0.05) is 12.4 Å². The van der Waals surface area contributed by atoms with Crippen LogP contribution in [0.5, 0.6) is 5.75 Å². The summed E-state index contributed by atoms with van der Waals surface area (Å²) in [6, 6.07) is 13.2. The minimum atomic E-state index is -0.589. The van der Waals surface area contributed by atoms with Crippen molar-refractivity contribution >= 4 is 17.2 Å². The SMILES string of the molecule is C[C@H](Oc1ccccc1)C(=O)NCc1nccnc1-c1cccs1. The first kappa shape index (κ1) is 16.1. The highest BCUT2D eigenvalue weighted by Crippen LogP contribution is 2.24. The summed E-state index contributed by atoms with van der Waals surface area (Å²) in [4.78, 5) is 22.0. The van der Waals surface area contributed by atoms with Crippen molar-refractivity contribution in [2.45, 2.75) is 19.6 Å². The zero-order valence-corrected chi connectivity index (χ0v) is 14.0. The van der Waals surface area contributed by atoms with Gasteiger partial charge in [0.05, 0.1) is 17.1 Å². The number of benzene rings is 1. The third-order valence-corrected chi connectivity index (χ3v) is 4.26. The summed E-state index contributed by atoms with van der Waals surface area (Å²) in [7, 11) is 0. The second-order valence-electron chi connectivity index (χ2n) is 5.12. The summed E-state index contributed by atoms with van der Waals surface area (Å²) in [6.45, 7) is 2.03. The number of hydrogen-bond donors (Lipinski definition) is 1. The van der Waals surface area contributed by atoms with Crippen molar-refractivity contribution < 1.29 is 9.53 Å². The number of rotatable bonds is 6. The van der Waals surface area contributed by atoms with Crippen LogP contribution in [0.1, 0.15) is 12.6 Å². The Morgan fingerprint density at radius 2 is 1.96 bits per heavy atom. The molecule has 6 heteroatoms. The maximum atomic E-state index is 12.2. The second-order valence-corrected chi connectivity index (χ2v) is 6.07. The quantitative estimate of drug-likeness (QED) is 0.748. The Morgan fingerprint density at radius 1 is 1.17 bits per heavy atom. The molecule has 0 aliphatic heterocycles. The Hall–Kier alpha value is -2.73. The van der Waals surface area contributed by atoms with Crippen molar-refractivity contribution in [2.24, 2.45) is 0 Å². The van der Waals surface area contributed by atoms with Crippen LogP contribution < -0.4 is 10.1 Å². The van der Waals surface area contributed by atoms with Gasteiger partial charge in [-0.15, -0.1) is 11.3 Å². The van der Waals surface area contributed by atoms with Crippen molar-refractivity contribution in [2.75, 3.05) is 0 Å². The molecule has 122 valence electrons. The van der Waals surface area contributed by atoms with Gasteiger partial charge in [-0.25, -0.2) is 0 Å². The third-order valence-electron chi connectivity index (χ3n) is 3.38. The average Bonchev–Trinajstić information content (AvgIpc) is 3.15. The summed E-state index contributed by atoms with van der Waals surface area (Å²) in [5.41, 5.74) is 1.53. The van der Waals surface area contributed by atoms with Crippen molar-refractivity contribution in [3.63, 3.8) is 0 Å². The predicted molar refractivity (Wildman–Crippen MR) is 93.7 cm³/mol. The van der Waals surface area contributed by atoms with Gasteiger partial charge in [0.25, 0.3) is 5.91 Å². The van der Waals surface area contributed by atoms with Crippen molar-refractivity contribution in [3.05, 3.63) is 65.9 Å². The molecule has 0 unspecified atom stereocenters. The fourth-order valence-corrected chi connectivity index (χ4v) is 2.93. The van der Waals surface area contributed by atoms with Gasteiger partial charge in [-0.2, -0.15) is 0 Å². The number of carbonyl (C=O) groups excluding carboxylic acids is 1. The van der Waals surface area contributed by atoms with E-state index < -0.39 is 6.10 Å². The fourth-order valence-electron chi connectivity index (χ4n) is 2.19. The maximum absolute atomic E-state index is 12.2. The van der Waals surface area contributed by atoms with Crippen molar-refractivity contribution in [1.82, 2.24) is 15.3 Å². The summed E-state index contributed by atoms with van der Waals surface area (Å²) in [5, 5.41) is 4.85. The average molecular weight is 339 g/mol. The summed E-state index contributed by atoms with van der Waals surface area (Å²) in [5.74, 6) is 0.473. The van der Waals surface area contributed by atoms with Crippen LogP contribution in [-0.4, -0.2) is 22.0 Å². The minimum Gasteiger partial charge on any atom is -0.481 e. The monoisotopic (exact) mass is 339 g/mol. The first-order valence-electron chi connectivity index (χ1n) is 7.57. The highest BCUT2D eigenvalue weighted by Gasteiger charge is 2.16. The number of thiophene rings is 1. The maximum Gasteiger partial charge on any atom is 0.261 e. The summed E-state index contributed by atoms with van der Waals surface area (Å²) >= 11 is 1.59. The van der Waals surface area contributed by atoms with E-state index in [0.717, 1.165) is 16.3 Å². The lowest BCUT2D eigenvalue weighted by molar-refractivity contribution is -0.127. The van der Waals surface area contributed by atoms with E-state index in [-0.39, 0.29) is 5.91 Å². The number of para-hydroxylation sites is 1. The van der Waals surface area contributed by atoms with E-state index in [0.29, 0.717) is 12.3 Å². The van der Waals surface area contributed by atoms with E-state index in [4.69, 9.17) is 4.74 Å². The number of nitrogens with zero attached hydrogens (tertiary/aromatic N) is 2. The lowest BCUT2D eigenvalue weighted by Crippen LogP contribution is -2.36. The minimum absolute atomic E-state index is 0.193. The van der Waals surface area contributed by atoms with Gasteiger partial charge in [-0.3, -0.25) is 14.8 Å². The molecule has 0 fully saturated rings. The number of hydrogen-bond acceptors (Lipinski definition) is 5. The molecule has 1 atom stereocenters. The predicted octanol–water partition coefficient (Wildman–Crippen LogP) is 3.29. The highest BCUT2D eigenvalue weighted by molar-refractivity contribution is 7.13. The van der Waals surface area contributed by atoms with E-state index in [1.807, 2.05) is 47.8 Å². The molecule has 0 bridgehead atoms. The molecule has 5 nitrogen and oxygen atoms in total. The highest BCUT2D eigenvalue weighted by atomic mass is 32.1. The Bertz CT molecular complexity index is 791. The number of amides is 1. The van der Waals surface area contributed by atoms with Gasteiger partial charge in [-0.1, -0.05) is 24.3 Å². The van der Waals surface area contributed by atoms with Crippen molar-refractivity contribution in [3.8, 4) is 16.3 Å². The molecule has 3 aromatic rings. The molecular weight excluding hydrogens is 322 g/mol. The van der Waals surface area contributed by atoms with E-state index in [1.54, 1.807) is 30.7 Å². The van der Waals surface area contributed by atoms with Gasteiger partial charge in [0.2, 0.25) is 0 Å². The Kier molecular flexibility index (Phi) is 5.18. The van der Waals surface area contributed by atoms with Gasteiger partial charge >= 0.3 is 0 Å². The van der Waals surface area contributed by atoms with E-state index in [2.05, 4.69) is 15.3 Å². The molecule has 24 heavy (non-hydrogen) atoms. The Labute approximate surface area is 144 Å². The standard InChI is InChI=1S/C18H17N3O2S/c1-13(23-14-6-3-2-4-7-14)18(22)21-12-15-17(20-10-9-19-15)16-8-5-11-24-16/h2-11,13H,12H2,1H3,(H,21,22)/t13-/m0/s1. The zero-order valence-electron chi connectivity index (χ0n) is 13.2. The normalized spacial score (nSPS) is 11.7. The lowest BCUT2D eigenvalue weighted by atomic mass is 10.2. The van der Waals surface area contributed by atoms with Crippen LogP contribution in [0.15, 0.2) is 60.2 Å². The molecular formula is C18H17N3O2S. The number of nitrogens with one attached hydrogen (secondary N) is 1. The zero-order chi connectivity index (χ0) is 16.8. The van der Waals surface area contributed by atoms with Crippen LogP contribution in [0.2, 0.25) is 0 Å². The third kappa shape index (κ3) is 3.97. The number of ether oxygens (including phenoxy) is 1. The van der Waals surface area contributed by atoms with Crippen LogP contribution in [0.4, 0.5) is 0 Å². The molecule has 0 saturated heterocycles. The molecule has 1 aromatic carbocycles. The molecule has 3 rings (SSSR count). The van der Waals surface area contributed by atoms with Crippen molar-refractivity contribution in [1.29, 1.82) is 0 Å². The van der Waals surface area contributed by atoms with Gasteiger partial charge in [-0.05, 0) is 30.5 Å². The molecule has 0 spiro atoms. The van der Waals surface area contributed by atoms with Gasteiger partial charge < -0.3 is 10.1 Å². The molecule has 2 aromatic heterocycles. The Morgan fingerprint density at radius 3 is 2.71 bits per heavy atom. The fraction of sp³-hybridized carbons (Fsp3) is 0.167. The van der Waals surface area contributed by atoms with E-state index >= 15 is 0 Å². The van der Waals surface area contributed by atoms with Gasteiger partial charge in [0.15, 0.2) is 6.10 Å². The van der Waals surface area contributed by atoms with Crippen LogP contribution in [0.25, 0.3) is 10.6 Å². The first-order valence-corrected chi connectivity index (χ1v) is 8.45. The molecule has 0 aliphatic rings. The van der Waals surface area contributed by atoms with E-state index in [9.17, 15) is 4.79 Å². The molecule has 0 radical (unpaired) electrons. The van der Waals surface area contributed by atoms with Crippen LogP contribution in [0, 0.1) is 0 Å².